The number of halogens is 1. The molecule has 2 aromatic rings. The summed E-state index contributed by atoms with van der Waals surface area (Å²) < 4.78 is 5.32. The third kappa shape index (κ3) is 4.73. The highest BCUT2D eigenvalue weighted by Gasteiger charge is 2.28. The zero-order chi connectivity index (χ0) is 19.3. The van der Waals surface area contributed by atoms with Crippen molar-refractivity contribution in [2.75, 3.05) is 26.2 Å². The highest BCUT2D eigenvalue weighted by atomic mass is 35.5. The van der Waals surface area contributed by atoms with Gasteiger partial charge in [0.25, 0.3) is 0 Å². The number of amides is 1. The molecule has 6 nitrogen and oxygen atoms in total. The van der Waals surface area contributed by atoms with E-state index in [1.807, 2.05) is 17.0 Å². The molecule has 2 saturated heterocycles. The van der Waals surface area contributed by atoms with E-state index in [4.69, 9.17) is 16.1 Å². The third-order valence-corrected chi connectivity index (χ3v) is 6.08. The van der Waals surface area contributed by atoms with Crippen molar-refractivity contribution in [1.82, 2.24) is 19.9 Å². The van der Waals surface area contributed by atoms with Gasteiger partial charge in [-0.2, -0.15) is 4.98 Å². The normalized spacial score (nSPS) is 18.7. The van der Waals surface area contributed by atoms with Gasteiger partial charge in [-0.3, -0.25) is 4.79 Å². The lowest BCUT2D eigenvalue weighted by molar-refractivity contribution is -0.132. The third-order valence-electron chi connectivity index (χ3n) is 5.83. The van der Waals surface area contributed by atoms with Gasteiger partial charge >= 0.3 is 0 Å². The number of hydrogen-bond acceptors (Lipinski definition) is 5. The SMILES string of the molecule is O=C(CCCc1nc(-c2ccc(Cl)cc2)no1)N1CCC(N2CCCC2)CC1. The maximum absolute atomic E-state index is 12.5. The van der Waals surface area contributed by atoms with Crippen LogP contribution in [-0.2, 0) is 11.2 Å². The Morgan fingerprint density at radius 2 is 1.82 bits per heavy atom. The molecule has 2 fully saturated rings. The molecule has 0 saturated carbocycles. The van der Waals surface area contributed by atoms with Gasteiger partial charge in [0, 0.05) is 42.6 Å². The second kappa shape index (κ2) is 9.05. The summed E-state index contributed by atoms with van der Waals surface area (Å²) in [6.45, 7) is 4.25. The highest BCUT2D eigenvalue weighted by molar-refractivity contribution is 6.30. The topological polar surface area (TPSA) is 62.5 Å². The molecule has 0 N–H and O–H groups in total. The van der Waals surface area contributed by atoms with Crippen LogP contribution in [0.4, 0.5) is 0 Å². The molecule has 2 aliphatic rings. The number of likely N-dealkylation sites (tertiary alicyclic amines) is 2. The molecule has 3 heterocycles. The predicted octanol–water partition coefficient (Wildman–Crippen LogP) is 3.80. The molecule has 0 atom stereocenters. The lowest BCUT2D eigenvalue weighted by Crippen LogP contribution is -2.45. The first-order valence-corrected chi connectivity index (χ1v) is 10.7. The van der Waals surface area contributed by atoms with Crippen LogP contribution in [0.1, 0.15) is 44.4 Å². The molecule has 28 heavy (non-hydrogen) atoms. The second-order valence-electron chi connectivity index (χ2n) is 7.73. The van der Waals surface area contributed by atoms with Crippen molar-refractivity contribution in [3.8, 4) is 11.4 Å². The highest BCUT2D eigenvalue weighted by Crippen LogP contribution is 2.22. The lowest BCUT2D eigenvalue weighted by Gasteiger charge is -2.36. The van der Waals surface area contributed by atoms with E-state index >= 15 is 0 Å². The number of carbonyl (C=O) groups is 1. The quantitative estimate of drug-likeness (QED) is 0.735. The Kier molecular flexibility index (Phi) is 6.27. The Morgan fingerprint density at radius 1 is 1.11 bits per heavy atom. The van der Waals surface area contributed by atoms with Crippen LogP contribution in [0.3, 0.4) is 0 Å². The Bertz CT molecular complexity index is 778. The summed E-state index contributed by atoms with van der Waals surface area (Å²) in [6.07, 6.45) is 6.76. The minimum atomic E-state index is 0.248. The van der Waals surface area contributed by atoms with Crippen molar-refractivity contribution < 1.29 is 9.32 Å². The lowest BCUT2D eigenvalue weighted by atomic mass is 10.0. The number of carbonyl (C=O) groups excluding carboxylic acids is 1. The van der Waals surface area contributed by atoms with E-state index in [-0.39, 0.29) is 5.91 Å². The fourth-order valence-electron chi connectivity index (χ4n) is 4.21. The largest absolute Gasteiger partial charge is 0.343 e. The van der Waals surface area contributed by atoms with Crippen LogP contribution in [0.5, 0.6) is 0 Å². The molecular weight excluding hydrogens is 376 g/mol. The van der Waals surface area contributed by atoms with Gasteiger partial charge in [0.1, 0.15) is 0 Å². The number of aromatic nitrogens is 2. The first-order chi connectivity index (χ1) is 13.7. The van der Waals surface area contributed by atoms with Gasteiger partial charge in [0.2, 0.25) is 17.6 Å². The van der Waals surface area contributed by atoms with Gasteiger partial charge in [-0.05, 0) is 69.5 Å². The molecule has 0 unspecified atom stereocenters. The van der Waals surface area contributed by atoms with Gasteiger partial charge < -0.3 is 14.3 Å². The summed E-state index contributed by atoms with van der Waals surface area (Å²) >= 11 is 5.90. The Morgan fingerprint density at radius 3 is 2.54 bits per heavy atom. The molecule has 0 spiro atoms. The molecule has 150 valence electrons. The fourth-order valence-corrected chi connectivity index (χ4v) is 4.33. The molecule has 1 aromatic carbocycles. The van der Waals surface area contributed by atoms with E-state index in [9.17, 15) is 4.79 Å². The maximum atomic E-state index is 12.5. The Hall–Kier alpha value is -1.92. The van der Waals surface area contributed by atoms with Crippen LogP contribution in [-0.4, -0.2) is 58.1 Å². The van der Waals surface area contributed by atoms with Gasteiger partial charge in [-0.1, -0.05) is 16.8 Å². The zero-order valence-corrected chi connectivity index (χ0v) is 16.9. The molecular formula is C21H27ClN4O2. The Labute approximate surface area is 170 Å². The number of hydrogen-bond donors (Lipinski definition) is 0. The summed E-state index contributed by atoms with van der Waals surface area (Å²) in [5, 5.41) is 4.70. The van der Waals surface area contributed by atoms with Crippen molar-refractivity contribution in [3.63, 3.8) is 0 Å². The molecule has 1 aromatic heterocycles. The summed E-state index contributed by atoms with van der Waals surface area (Å²) in [5.41, 5.74) is 0.872. The summed E-state index contributed by atoms with van der Waals surface area (Å²) in [5.74, 6) is 1.38. The first kappa shape index (κ1) is 19.4. The van der Waals surface area contributed by atoms with Crippen LogP contribution < -0.4 is 0 Å². The molecule has 7 heteroatoms. The average Bonchev–Trinajstić information content (AvgIpc) is 3.41. The Balaban J connectivity index is 1.20. The summed E-state index contributed by atoms with van der Waals surface area (Å²) in [6, 6.07) is 8.02. The maximum Gasteiger partial charge on any atom is 0.226 e. The van der Waals surface area contributed by atoms with Crippen LogP contribution in [0.2, 0.25) is 5.02 Å². The monoisotopic (exact) mass is 402 g/mol. The standard InChI is InChI=1S/C21H27ClN4O2/c22-17-8-6-16(7-9-17)21-23-19(28-24-21)4-3-5-20(27)26-14-10-18(11-15-26)25-12-1-2-13-25/h6-9,18H,1-5,10-15H2. The van der Waals surface area contributed by atoms with Crippen LogP contribution in [0, 0.1) is 0 Å². The molecule has 1 amide bonds. The molecule has 4 rings (SSSR count). The minimum absolute atomic E-state index is 0.248. The summed E-state index contributed by atoms with van der Waals surface area (Å²) in [7, 11) is 0. The number of rotatable bonds is 6. The predicted molar refractivity (Wildman–Crippen MR) is 108 cm³/mol. The van der Waals surface area contributed by atoms with E-state index in [2.05, 4.69) is 15.0 Å². The van der Waals surface area contributed by atoms with Crippen LogP contribution in [0.15, 0.2) is 28.8 Å². The van der Waals surface area contributed by atoms with E-state index in [1.165, 1.54) is 25.9 Å². The smallest absolute Gasteiger partial charge is 0.226 e. The van der Waals surface area contributed by atoms with Gasteiger partial charge in [0.05, 0.1) is 0 Å². The van der Waals surface area contributed by atoms with Gasteiger partial charge in [0.15, 0.2) is 0 Å². The molecule has 0 radical (unpaired) electrons. The summed E-state index contributed by atoms with van der Waals surface area (Å²) in [4.78, 5) is 21.6. The fraction of sp³-hybridized carbons (Fsp3) is 0.571. The van der Waals surface area contributed by atoms with Crippen molar-refractivity contribution in [2.24, 2.45) is 0 Å². The van der Waals surface area contributed by atoms with E-state index in [1.54, 1.807) is 12.1 Å². The average molecular weight is 403 g/mol. The van der Waals surface area contributed by atoms with Crippen molar-refractivity contribution in [3.05, 3.63) is 35.2 Å². The van der Waals surface area contributed by atoms with E-state index < -0.39 is 0 Å². The molecule has 0 aliphatic carbocycles. The number of nitrogens with zero attached hydrogens (tertiary/aromatic N) is 4. The van der Waals surface area contributed by atoms with Crippen LogP contribution in [0.25, 0.3) is 11.4 Å². The molecule has 0 bridgehead atoms. The second-order valence-corrected chi connectivity index (χ2v) is 8.16. The van der Waals surface area contributed by atoms with Crippen LogP contribution >= 0.6 is 11.6 Å². The first-order valence-electron chi connectivity index (χ1n) is 10.3. The van der Waals surface area contributed by atoms with Crippen molar-refractivity contribution >= 4 is 17.5 Å². The van der Waals surface area contributed by atoms with Gasteiger partial charge in [-0.15, -0.1) is 0 Å². The van der Waals surface area contributed by atoms with E-state index in [0.717, 1.165) is 37.9 Å². The number of piperidine rings is 1. The van der Waals surface area contributed by atoms with E-state index in [0.29, 0.717) is 35.6 Å². The minimum Gasteiger partial charge on any atom is -0.343 e. The zero-order valence-electron chi connectivity index (χ0n) is 16.1. The van der Waals surface area contributed by atoms with Crippen molar-refractivity contribution in [1.29, 1.82) is 0 Å². The molecule has 2 aliphatic heterocycles. The van der Waals surface area contributed by atoms with Crippen molar-refractivity contribution in [2.45, 2.75) is 51.0 Å². The number of benzene rings is 1. The number of aryl methyl sites for hydroxylation is 1. The van der Waals surface area contributed by atoms with Gasteiger partial charge in [-0.25, -0.2) is 0 Å².